The van der Waals surface area contributed by atoms with E-state index in [2.05, 4.69) is 47.3 Å². The largest absolute Gasteiger partial charge is 0.480 e. The number of ether oxygens (including phenoxy) is 6. The van der Waals surface area contributed by atoms with Crippen LogP contribution >= 0.6 is 0 Å². The normalized spacial score (nSPS) is 46.2. The SMILES string of the molecule is C=C1CCC2(C(=O)OC3OC(CO)C(O)C(O)C3O)CCC3(C)C(=CCC4C5(C)CCC(OC6OC(C(=O)O)C(O)C(OC(OCC(=O)O)C(O)C(=O)O)C6O)C(C)(C)C5CCC43C)C2C1. The quantitative estimate of drug-likeness (QED) is 0.0529. The average molecular weight is 941 g/mol. The number of carboxylic acids is 3. The van der Waals surface area contributed by atoms with E-state index in [0.717, 1.165) is 18.4 Å². The summed E-state index contributed by atoms with van der Waals surface area (Å²) in [5.41, 5.74) is -0.234. The van der Waals surface area contributed by atoms with Gasteiger partial charge in [0.15, 0.2) is 18.7 Å². The van der Waals surface area contributed by atoms with E-state index < -0.39 is 128 Å². The molecule has 0 aromatic rings. The predicted molar refractivity (Wildman–Crippen MR) is 223 cm³/mol. The van der Waals surface area contributed by atoms with Crippen LogP contribution in [-0.4, -0.2) is 168 Å². The van der Waals surface area contributed by atoms with Gasteiger partial charge in [0, 0.05) is 5.92 Å². The number of allylic oxidation sites excluding steroid dienone is 3. The van der Waals surface area contributed by atoms with Crippen LogP contribution in [0.2, 0.25) is 0 Å². The molecule has 2 aliphatic heterocycles. The van der Waals surface area contributed by atoms with Crippen molar-refractivity contribution in [2.75, 3.05) is 13.2 Å². The molecular weight excluding hydrogens is 872 g/mol. The number of esters is 1. The Kier molecular flexibility index (Phi) is 14.1. The van der Waals surface area contributed by atoms with Gasteiger partial charge in [0.1, 0.15) is 49.3 Å². The van der Waals surface area contributed by atoms with Crippen molar-refractivity contribution in [1.82, 2.24) is 0 Å². The fourth-order valence-electron chi connectivity index (χ4n) is 13.9. The second-order valence-electron chi connectivity index (χ2n) is 21.2. The van der Waals surface area contributed by atoms with Gasteiger partial charge in [-0.05, 0) is 97.7 Å². The summed E-state index contributed by atoms with van der Waals surface area (Å²) in [6.45, 7) is 13.6. The summed E-state index contributed by atoms with van der Waals surface area (Å²) in [4.78, 5) is 49.7. The highest BCUT2D eigenvalue weighted by Gasteiger charge is 2.70. The van der Waals surface area contributed by atoms with E-state index in [1.165, 1.54) is 5.57 Å². The Morgan fingerprint density at radius 2 is 1.53 bits per heavy atom. The van der Waals surface area contributed by atoms with Crippen LogP contribution in [0.1, 0.15) is 98.8 Å². The number of aliphatic carboxylic acids is 3. The molecule has 20 atom stereocenters. The molecule has 0 bridgehead atoms. The van der Waals surface area contributed by atoms with Gasteiger partial charge >= 0.3 is 23.9 Å². The van der Waals surface area contributed by atoms with Gasteiger partial charge in [-0.1, -0.05) is 58.4 Å². The molecule has 7 rings (SSSR count). The van der Waals surface area contributed by atoms with E-state index in [4.69, 9.17) is 33.5 Å². The summed E-state index contributed by atoms with van der Waals surface area (Å²) in [7, 11) is 0. The van der Waals surface area contributed by atoms with Crippen LogP contribution in [0.15, 0.2) is 23.8 Å². The Morgan fingerprint density at radius 3 is 2.17 bits per heavy atom. The summed E-state index contributed by atoms with van der Waals surface area (Å²) in [6, 6.07) is 0. The first-order chi connectivity index (χ1) is 30.8. The summed E-state index contributed by atoms with van der Waals surface area (Å²) < 4.78 is 34.0. The Bertz CT molecular complexity index is 1920. The van der Waals surface area contributed by atoms with Gasteiger partial charge in [-0.3, -0.25) is 4.79 Å². The van der Waals surface area contributed by atoms with Crippen molar-refractivity contribution in [3.63, 3.8) is 0 Å². The van der Waals surface area contributed by atoms with Gasteiger partial charge in [-0.2, -0.15) is 0 Å². The third-order valence-corrected chi connectivity index (χ3v) is 17.7. The second-order valence-corrected chi connectivity index (χ2v) is 21.2. The first-order valence-corrected chi connectivity index (χ1v) is 23.0. The first-order valence-electron chi connectivity index (χ1n) is 23.0. The zero-order valence-electron chi connectivity index (χ0n) is 38.1. The number of carbonyl (C=O) groups is 4. The monoisotopic (exact) mass is 940 g/mol. The summed E-state index contributed by atoms with van der Waals surface area (Å²) >= 11 is 0. The van der Waals surface area contributed by atoms with Crippen LogP contribution in [0, 0.1) is 44.8 Å². The molecule has 66 heavy (non-hydrogen) atoms. The standard InChI is InChI=1S/C46H68O20/c1-20-9-14-46(41(60)66-39-30(52)29(51)28(50)23(18-47)62-39)16-15-44(5)21(22(46)17-20)7-8-25-43(4)12-11-26(42(2,3)24(43)10-13-45(25,44)6)63-40-32(54)34(31(53)35(65-40)37(58)59)64-38(33(55)36(56)57)61-19-27(48)49/h7,22-26,28-35,38-40,47,50-55H,1,8-19H2,2-6H3,(H,48,49)(H,56,57)(H,58,59). The average Bonchev–Trinajstić information content (AvgIpc) is 3.25. The number of hydrogen-bond donors (Lipinski definition) is 10. The van der Waals surface area contributed by atoms with Gasteiger partial charge in [0.25, 0.3) is 0 Å². The zero-order chi connectivity index (χ0) is 48.6. The molecule has 0 aromatic heterocycles. The molecule has 0 aromatic carbocycles. The Morgan fingerprint density at radius 1 is 0.833 bits per heavy atom. The van der Waals surface area contributed by atoms with E-state index in [9.17, 15) is 65.1 Å². The molecule has 2 heterocycles. The Balaban J connectivity index is 1.12. The van der Waals surface area contributed by atoms with Crippen LogP contribution < -0.4 is 0 Å². The molecule has 6 fully saturated rings. The number of carboxylic acid groups (broad SMARTS) is 3. The molecule has 2 saturated heterocycles. The van der Waals surface area contributed by atoms with E-state index in [0.29, 0.717) is 51.4 Å². The van der Waals surface area contributed by atoms with Crippen molar-refractivity contribution >= 4 is 23.9 Å². The Labute approximate surface area is 382 Å². The number of carbonyl (C=O) groups excluding carboxylic acids is 1. The molecule has 10 N–H and O–H groups in total. The molecule has 0 radical (unpaired) electrons. The van der Waals surface area contributed by atoms with E-state index in [1.54, 1.807) is 0 Å². The number of fused-ring (bicyclic) bond motifs is 7. The highest BCUT2D eigenvalue weighted by molar-refractivity contribution is 5.79. The van der Waals surface area contributed by atoms with Crippen LogP contribution in [-0.2, 0) is 47.6 Å². The lowest BCUT2D eigenvalue weighted by atomic mass is 9.34. The van der Waals surface area contributed by atoms with E-state index >= 15 is 0 Å². The van der Waals surface area contributed by atoms with Crippen molar-refractivity contribution in [3.05, 3.63) is 23.8 Å². The van der Waals surface area contributed by atoms with Gasteiger partial charge in [0.05, 0.1) is 18.1 Å². The molecule has 20 nitrogen and oxygen atoms in total. The van der Waals surface area contributed by atoms with Gasteiger partial charge in [-0.15, -0.1) is 0 Å². The fraction of sp³-hybridized carbons (Fsp3) is 0.826. The van der Waals surface area contributed by atoms with Gasteiger partial charge in [-0.25, -0.2) is 14.4 Å². The third kappa shape index (κ3) is 8.23. The lowest BCUT2D eigenvalue weighted by molar-refractivity contribution is -0.345. The minimum absolute atomic E-state index is 0.0409. The second kappa shape index (κ2) is 18.3. The number of aliphatic hydroxyl groups is 7. The minimum atomic E-state index is -2.48. The van der Waals surface area contributed by atoms with Crippen molar-refractivity contribution in [2.24, 2.45) is 44.8 Å². The highest BCUT2D eigenvalue weighted by Crippen LogP contribution is 2.75. The minimum Gasteiger partial charge on any atom is -0.480 e. The highest BCUT2D eigenvalue weighted by atomic mass is 16.7. The number of hydrogen-bond acceptors (Lipinski definition) is 17. The molecule has 20 heteroatoms. The maximum Gasteiger partial charge on any atom is 0.337 e. The lowest BCUT2D eigenvalue weighted by Gasteiger charge is -2.71. The molecule has 0 amide bonds. The molecule has 0 spiro atoms. The van der Waals surface area contributed by atoms with Gasteiger partial charge < -0.3 is 79.5 Å². The predicted octanol–water partition coefficient (Wildman–Crippen LogP) is 0.836. The summed E-state index contributed by atoms with van der Waals surface area (Å²) in [6.07, 6.45) is -14.5. The third-order valence-electron chi connectivity index (χ3n) is 17.7. The van der Waals surface area contributed by atoms with Crippen LogP contribution in [0.5, 0.6) is 0 Å². The molecular formula is C46H68O20. The topological polar surface area (TPSA) is 326 Å². The van der Waals surface area contributed by atoms with Crippen LogP contribution in [0.3, 0.4) is 0 Å². The smallest absolute Gasteiger partial charge is 0.337 e. The molecule has 4 saturated carbocycles. The maximum atomic E-state index is 14.5. The summed E-state index contributed by atoms with van der Waals surface area (Å²) in [5, 5.41) is 103. The Hall–Kier alpha value is -3.12. The maximum absolute atomic E-state index is 14.5. The first kappa shape index (κ1) is 50.7. The lowest BCUT2D eigenvalue weighted by Crippen LogP contribution is -2.66. The molecule has 5 aliphatic carbocycles. The molecule has 20 unspecified atom stereocenters. The summed E-state index contributed by atoms with van der Waals surface area (Å²) in [5.74, 6) is -5.67. The van der Waals surface area contributed by atoms with Crippen LogP contribution in [0.25, 0.3) is 0 Å². The molecule has 7 aliphatic rings. The van der Waals surface area contributed by atoms with Gasteiger partial charge in [0.2, 0.25) is 12.4 Å². The van der Waals surface area contributed by atoms with E-state index in [1.807, 2.05) is 0 Å². The van der Waals surface area contributed by atoms with Crippen LogP contribution in [0.4, 0.5) is 0 Å². The fourth-order valence-corrected chi connectivity index (χ4v) is 13.9. The number of rotatable bonds is 13. The number of aliphatic hydroxyl groups excluding tert-OH is 7. The van der Waals surface area contributed by atoms with Crippen molar-refractivity contribution in [3.8, 4) is 0 Å². The van der Waals surface area contributed by atoms with Crippen molar-refractivity contribution in [1.29, 1.82) is 0 Å². The zero-order valence-corrected chi connectivity index (χ0v) is 38.1. The van der Waals surface area contributed by atoms with Crippen molar-refractivity contribution < 1.29 is 98.7 Å². The van der Waals surface area contributed by atoms with E-state index in [-0.39, 0.29) is 34.0 Å². The van der Waals surface area contributed by atoms with Crippen molar-refractivity contribution in [2.45, 2.75) is 179 Å². The molecule has 372 valence electrons.